The molecule has 0 bridgehead atoms. The van der Waals surface area contributed by atoms with E-state index in [2.05, 4.69) is 53.1 Å². The second-order valence-corrected chi connectivity index (χ2v) is 5.60. The monoisotopic (exact) mass is 385 g/mol. The van der Waals surface area contributed by atoms with E-state index in [9.17, 15) is 0 Å². The van der Waals surface area contributed by atoms with Crippen LogP contribution in [0.15, 0.2) is 25.6 Å². The third-order valence-corrected chi connectivity index (χ3v) is 3.29. The minimum atomic E-state index is -0.363. The highest BCUT2D eigenvalue weighted by molar-refractivity contribution is 9.11. The van der Waals surface area contributed by atoms with E-state index in [4.69, 9.17) is 5.11 Å². The van der Waals surface area contributed by atoms with Crippen LogP contribution in [0.25, 0.3) is 0 Å². The lowest BCUT2D eigenvalue weighted by Gasteiger charge is -2.12. The van der Waals surface area contributed by atoms with Gasteiger partial charge in [0.2, 0.25) is 0 Å². The lowest BCUT2D eigenvalue weighted by Crippen LogP contribution is -2.15. The fourth-order valence-corrected chi connectivity index (χ4v) is 3.50. The van der Waals surface area contributed by atoms with E-state index in [1.54, 1.807) is 6.92 Å². The van der Waals surface area contributed by atoms with Gasteiger partial charge in [-0.05, 0) is 50.9 Å². The molecule has 1 aromatic carbocycles. The molecule has 1 rings (SSSR count). The van der Waals surface area contributed by atoms with Crippen LogP contribution in [0.3, 0.4) is 0 Å². The van der Waals surface area contributed by atoms with Crippen molar-refractivity contribution < 1.29 is 5.11 Å². The Morgan fingerprint density at radius 1 is 1.29 bits per heavy atom. The molecule has 0 fully saturated rings. The summed E-state index contributed by atoms with van der Waals surface area (Å²) < 4.78 is 2.91. The van der Waals surface area contributed by atoms with Gasteiger partial charge in [-0.25, -0.2) is 0 Å². The number of hydrogen-bond donors (Lipinski definition) is 2. The largest absolute Gasteiger partial charge is 0.392 e. The van der Waals surface area contributed by atoms with Gasteiger partial charge in [0.15, 0.2) is 0 Å². The third-order valence-electron chi connectivity index (χ3n) is 1.58. The summed E-state index contributed by atoms with van der Waals surface area (Å²) >= 11 is 10.3. The first kappa shape index (κ1) is 12.5. The Labute approximate surface area is 108 Å². The fourth-order valence-electron chi connectivity index (χ4n) is 0.961. The first-order valence-electron chi connectivity index (χ1n) is 4.07. The molecule has 2 nitrogen and oxygen atoms in total. The van der Waals surface area contributed by atoms with Crippen molar-refractivity contribution in [1.29, 1.82) is 0 Å². The van der Waals surface area contributed by atoms with Gasteiger partial charge in [-0.2, -0.15) is 0 Å². The Hall–Kier alpha value is 0.420. The molecule has 0 aliphatic heterocycles. The number of hydrogen-bond acceptors (Lipinski definition) is 2. The summed E-state index contributed by atoms with van der Waals surface area (Å²) in [7, 11) is 0. The van der Waals surface area contributed by atoms with Crippen LogP contribution in [0.5, 0.6) is 0 Å². The zero-order valence-electron chi connectivity index (χ0n) is 7.52. The maximum Gasteiger partial charge on any atom is 0.0684 e. The highest BCUT2D eigenvalue weighted by Crippen LogP contribution is 2.34. The molecule has 0 heterocycles. The molecule has 1 aromatic rings. The summed E-state index contributed by atoms with van der Waals surface area (Å²) in [6, 6.07) is 3.91. The molecule has 0 spiro atoms. The summed E-state index contributed by atoms with van der Waals surface area (Å²) in [6.07, 6.45) is -0.363. The van der Waals surface area contributed by atoms with Crippen LogP contribution in [0.1, 0.15) is 6.92 Å². The maximum absolute atomic E-state index is 9.15. The van der Waals surface area contributed by atoms with Gasteiger partial charge in [-0.1, -0.05) is 15.9 Å². The zero-order chi connectivity index (χ0) is 10.7. The van der Waals surface area contributed by atoms with Crippen molar-refractivity contribution >= 4 is 53.5 Å². The van der Waals surface area contributed by atoms with E-state index in [0.29, 0.717) is 6.54 Å². The standard InChI is InChI=1S/C9H10Br3NO/c1-5(14)4-13-9-7(11)2-6(10)3-8(9)12/h2-3,5,13-14H,4H2,1H3/t5-/m0/s1. The van der Waals surface area contributed by atoms with E-state index >= 15 is 0 Å². The quantitative estimate of drug-likeness (QED) is 0.827. The average molecular weight is 388 g/mol. The molecule has 1 atom stereocenters. The van der Waals surface area contributed by atoms with Crippen LogP contribution in [0.2, 0.25) is 0 Å². The van der Waals surface area contributed by atoms with Crippen LogP contribution in [0, 0.1) is 0 Å². The third kappa shape index (κ3) is 3.53. The van der Waals surface area contributed by atoms with Gasteiger partial charge in [0, 0.05) is 20.0 Å². The lowest BCUT2D eigenvalue weighted by molar-refractivity contribution is 0.208. The average Bonchev–Trinajstić information content (AvgIpc) is 2.01. The number of rotatable bonds is 3. The molecule has 0 aliphatic rings. The van der Waals surface area contributed by atoms with Crippen LogP contribution < -0.4 is 5.32 Å². The second-order valence-electron chi connectivity index (χ2n) is 2.97. The van der Waals surface area contributed by atoms with Gasteiger partial charge in [0.05, 0.1) is 11.8 Å². The molecule has 0 saturated heterocycles. The molecular weight excluding hydrogens is 378 g/mol. The predicted molar refractivity (Wildman–Crippen MR) is 69.7 cm³/mol. The van der Waals surface area contributed by atoms with Crippen molar-refractivity contribution in [2.75, 3.05) is 11.9 Å². The van der Waals surface area contributed by atoms with Crippen molar-refractivity contribution in [2.24, 2.45) is 0 Å². The first-order chi connectivity index (χ1) is 6.50. The van der Waals surface area contributed by atoms with E-state index in [0.717, 1.165) is 19.1 Å². The highest BCUT2D eigenvalue weighted by Gasteiger charge is 2.06. The van der Waals surface area contributed by atoms with Crippen molar-refractivity contribution in [3.05, 3.63) is 25.6 Å². The maximum atomic E-state index is 9.15. The van der Waals surface area contributed by atoms with Crippen molar-refractivity contribution in [3.8, 4) is 0 Å². The second kappa shape index (κ2) is 5.49. The topological polar surface area (TPSA) is 32.3 Å². The molecule has 0 aromatic heterocycles. The van der Waals surface area contributed by atoms with Crippen molar-refractivity contribution in [1.82, 2.24) is 0 Å². The van der Waals surface area contributed by atoms with Crippen LogP contribution in [-0.4, -0.2) is 17.8 Å². The summed E-state index contributed by atoms with van der Waals surface area (Å²) in [5.74, 6) is 0. The predicted octanol–water partition coefficient (Wildman–Crippen LogP) is 3.77. The van der Waals surface area contributed by atoms with Gasteiger partial charge in [-0.15, -0.1) is 0 Å². The van der Waals surface area contributed by atoms with E-state index in [1.807, 2.05) is 12.1 Å². The summed E-state index contributed by atoms with van der Waals surface area (Å²) in [6.45, 7) is 2.27. The van der Waals surface area contributed by atoms with Crippen molar-refractivity contribution in [2.45, 2.75) is 13.0 Å². The number of nitrogens with one attached hydrogen (secondary N) is 1. The lowest BCUT2D eigenvalue weighted by atomic mass is 10.3. The molecule has 0 saturated carbocycles. The molecule has 0 amide bonds. The molecule has 0 unspecified atom stereocenters. The Kier molecular flexibility index (Phi) is 4.90. The van der Waals surface area contributed by atoms with E-state index in [1.165, 1.54) is 0 Å². The molecular formula is C9H10Br3NO. The highest BCUT2D eigenvalue weighted by atomic mass is 79.9. The van der Waals surface area contributed by atoms with Crippen LogP contribution in [0.4, 0.5) is 5.69 Å². The summed E-state index contributed by atoms with van der Waals surface area (Å²) in [4.78, 5) is 0. The van der Waals surface area contributed by atoms with E-state index < -0.39 is 0 Å². The Bertz CT molecular complexity index is 305. The van der Waals surface area contributed by atoms with Gasteiger partial charge < -0.3 is 10.4 Å². The molecule has 0 radical (unpaired) electrons. The number of benzene rings is 1. The molecule has 0 aliphatic carbocycles. The van der Waals surface area contributed by atoms with Crippen molar-refractivity contribution in [3.63, 3.8) is 0 Å². The Balaban J connectivity index is 2.86. The molecule has 2 N–H and O–H groups in total. The van der Waals surface area contributed by atoms with Gasteiger partial charge in [0.1, 0.15) is 0 Å². The zero-order valence-corrected chi connectivity index (χ0v) is 12.3. The van der Waals surface area contributed by atoms with Crippen LogP contribution in [-0.2, 0) is 0 Å². The van der Waals surface area contributed by atoms with Gasteiger partial charge in [-0.3, -0.25) is 0 Å². The fraction of sp³-hybridized carbons (Fsp3) is 0.333. The molecule has 5 heteroatoms. The first-order valence-corrected chi connectivity index (χ1v) is 6.45. The molecule has 14 heavy (non-hydrogen) atoms. The smallest absolute Gasteiger partial charge is 0.0684 e. The minimum Gasteiger partial charge on any atom is -0.392 e. The molecule has 78 valence electrons. The summed E-state index contributed by atoms with van der Waals surface area (Å²) in [5, 5.41) is 12.3. The normalized spacial score (nSPS) is 12.6. The number of anilines is 1. The van der Waals surface area contributed by atoms with Crippen LogP contribution >= 0.6 is 47.8 Å². The van der Waals surface area contributed by atoms with E-state index in [-0.39, 0.29) is 6.10 Å². The Morgan fingerprint density at radius 3 is 2.21 bits per heavy atom. The SMILES string of the molecule is C[C@H](O)CNc1c(Br)cc(Br)cc1Br. The summed E-state index contributed by atoms with van der Waals surface area (Å²) in [5.41, 5.74) is 0.953. The number of aliphatic hydroxyl groups excluding tert-OH is 1. The van der Waals surface area contributed by atoms with Gasteiger partial charge in [0.25, 0.3) is 0 Å². The Morgan fingerprint density at radius 2 is 1.79 bits per heavy atom. The minimum absolute atomic E-state index is 0.363. The number of aliphatic hydroxyl groups is 1. The van der Waals surface area contributed by atoms with Gasteiger partial charge >= 0.3 is 0 Å². The number of halogens is 3.